The summed E-state index contributed by atoms with van der Waals surface area (Å²) in [7, 11) is -1.15. The van der Waals surface area contributed by atoms with Crippen molar-refractivity contribution < 1.29 is 37.2 Å². The lowest BCUT2D eigenvalue weighted by molar-refractivity contribution is -0.137. The molecule has 3 N–H and O–H groups in total. The van der Waals surface area contributed by atoms with Gasteiger partial charge in [-0.1, -0.05) is 18.2 Å². The third-order valence-electron chi connectivity index (χ3n) is 5.37. The van der Waals surface area contributed by atoms with Gasteiger partial charge in [0.05, 0.1) is 11.2 Å². The number of alkyl halides is 3. The molecule has 0 spiro atoms. The summed E-state index contributed by atoms with van der Waals surface area (Å²) < 4.78 is 49.4. The third-order valence-corrected chi connectivity index (χ3v) is 5.37. The summed E-state index contributed by atoms with van der Waals surface area (Å²) in [5.41, 5.74) is -0.276. The molecule has 0 aromatic heterocycles. The Bertz CT molecular complexity index is 1100. The van der Waals surface area contributed by atoms with E-state index >= 15 is 0 Å². The minimum absolute atomic E-state index is 0.0765. The second kappa shape index (κ2) is 9.54. The molecular formula is C24H28BF3N2O5. The van der Waals surface area contributed by atoms with E-state index in [2.05, 4.69) is 10.6 Å². The number of halogens is 3. The third kappa shape index (κ3) is 6.76. The molecule has 2 aromatic carbocycles. The Morgan fingerprint density at radius 2 is 1.74 bits per heavy atom. The van der Waals surface area contributed by atoms with Crippen molar-refractivity contribution in [3.8, 4) is 0 Å². The van der Waals surface area contributed by atoms with Crippen LogP contribution in [0.5, 0.6) is 0 Å². The molecule has 1 heterocycles. The number of fused-ring (bicyclic) bond motifs is 1. The summed E-state index contributed by atoms with van der Waals surface area (Å²) >= 11 is 0. The number of hydrogen-bond acceptors (Lipinski definition) is 5. The van der Waals surface area contributed by atoms with Gasteiger partial charge >= 0.3 is 19.4 Å². The molecule has 0 saturated carbocycles. The largest absolute Gasteiger partial charge is 0.492 e. The zero-order valence-electron chi connectivity index (χ0n) is 20.1. The molecule has 1 atom stereocenters. The number of ether oxygens (including phenoxy) is 1. The number of alkyl carbamates (subject to hydrolysis) is 1. The predicted molar refractivity (Wildman–Crippen MR) is 125 cm³/mol. The summed E-state index contributed by atoms with van der Waals surface area (Å²) in [6.07, 6.45) is -5.41. The number of nitrogens with one attached hydrogen (secondary N) is 2. The average Bonchev–Trinajstić information content (AvgIpc) is 2.93. The molecule has 0 aliphatic carbocycles. The molecule has 0 bridgehead atoms. The minimum Gasteiger partial charge on any atom is -0.444 e. The van der Waals surface area contributed by atoms with Crippen molar-refractivity contribution in [3.63, 3.8) is 0 Å². The van der Waals surface area contributed by atoms with E-state index in [9.17, 15) is 27.8 Å². The first kappa shape index (κ1) is 26.6. The summed E-state index contributed by atoms with van der Waals surface area (Å²) in [4.78, 5) is 25.5. The van der Waals surface area contributed by atoms with Crippen molar-refractivity contribution in [2.45, 2.75) is 64.5 Å². The van der Waals surface area contributed by atoms with E-state index in [0.29, 0.717) is 16.7 Å². The lowest BCUT2D eigenvalue weighted by Gasteiger charge is -2.24. The molecule has 2 amide bonds. The van der Waals surface area contributed by atoms with Gasteiger partial charge in [0, 0.05) is 12.1 Å². The monoisotopic (exact) mass is 492 g/mol. The van der Waals surface area contributed by atoms with E-state index in [1.807, 2.05) is 13.8 Å². The zero-order valence-corrected chi connectivity index (χ0v) is 20.1. The summed E-state index contributed by atoms with van der Waals surface area (Å²) in [6, 6.07) is 8.15. The van der Waals surface area contributed by atoms with Gasteiger partial charge in [-0.25, -0.2) is 4.79 Å². The van der Waals surface area contributed by atoms with E-state index < -0.39 is 48.1 Å². The Morgan fingerprint density at radius 3 is 2.31 bits per heavy atom. The Labute approximate surface area is 202 Å². The number of benzene rings is 2. The highest BCUT2D eigenvalue weighted by molar-refractivity contribution is 6.62. The van der Waals surface area contributed by atoms with Crippen molar-refractivity contribution in [1.29, 1.82) is 0 Å². The minimum atomic E-state index is -4.49. The average molecular weight is 492 g/mol. The number of amides is 2. The first-order valence-corrected chi connectivity index (χ1v) is 11.0. The molecule has 1 aliphatic rings. The molecule has 11 heteroatoms. The van der Waals surface area contributed by atoms with Gasteiger partial charge in [-0.15, -0.1) is 0 Å². The van der Waals surface area contributed by atoms with Crippen LogP contribution in [-0.2, 0) is 32.4 Å². The maximum atomic E-state index is 13.1. The van der Waals surface area contributed by atoms with E-state index in [-0.39, 0.29) is 6.42 Å². The maximum absolute atomic E-state index is 13.1. The van der Waals surface area contributed by atoms with E-state index in [0.717, 1.165) is 17.7 Å². The fourth-order valence-electron chi connectivity index (χ4n) is 3.75. The number of hydrogen-bond donors (Lipinski definition) is 3. The highest BCUT2D eigenvalue weighted by Gasteiger charge is 2.40. The Morgan fingerprint density at radius 1 is 1.11 bits per heavy atom. The second-order valence-electron chi connectivity index (χ2n) is 9.87. The number of rotatable bonds is 5. The second-order valence-corrected chi connectivity index (χ2v) is 9.87. The zero-order chi connectivity index (χ0) is 26.2. The van der Waals surface area contributed by atoms with Crippen molar-refractivity contribution in [2.24, 2.45) is 0 Å². The van der Waals surface area contributed by atoms with Crippen molar-refractivity contribution in [3.05, 3.63) is 59.2 Å². The van der Waals surface area contributed by atoms with E-state index in [4.69, 9.17) is 9.39 Å². The maximum Gasteiger partial charge on any atom is 0.492 e. The number of carbonyl (C=O) groups excluding carboxylic acids is 2. The summed E-state index contributed by atoms with van der Waals surface area (Å²) in [5, 5.41) is 15.4. The van der Waals surface area contributed by atoms with Gasteiger partial charge < -0.3 is 25.0 Å². The van der Waals surface area contributed by atoms with E-state index in [1.54, 1.807) is 39.0 Å². The molecule has 7 nitrogen and oxygen atoms in total. The van der Waals surface area contributed by atoms with Gasteiger partial charge in [-0.3, -0.25) is 4.79 Å². The Balaban J connectivity index is 1.81. The van der Waals surface area contributed by atoms with Crippen LogP contribution in [0.3, 0.4) is 0 Å². The summed E-state index contributed by atoms with van der Waals surface area (Å²) in [5.74, 6) is -0.608. The molecule has 0 unspecified atom stereocenters. The van der Waals surface area contributed by atoms with Crippen LogP contribution in [0.2, 0.25) is 0 Å². The molecule has 35 heavy (non-hydrogen) atoms. The Kier molecular flexibility index (Phi) is 7.24. The van der Waals surface area contributed by atoms with Crippen LogP contribution in [0.1, 0.15) is 51.3 Å². The van der Waals surface area contributed by atoms with Gasteiger partial charge in [-0.05, 0) is 75.5 Å². The Hall–Kier alpha value is -3.05. The number of carbonyl (C=O) groups is 2. The lowest BCUT2D eigenvalue weighted by Crippen LogP contribution is -2.47. The SMILES string of the molecule is CC(C)(C)OC(=O)N[C@H](Cc1ccc(C(F)(F)F)cc1)C(=O)Nc1ccc2c(c1)B(O)OC2(C)C. The van der Waals surface area contributed by atoms with Crippen LogP contribution < -0.4 is 16.1 Å². The molecule has 0 fully saturated rings. The molecule has 1 aliphatic heterocycles. The van der Waals surface area contributed by atoms with Crippen LogP contribution >= 0.6 is 0 Å². The molecule has 0 saturated heterocycles. The highest BCUT2D eigenvalue weighted by Crippen LogP contribution is 2.31. The fourth-order valence-corrected chi connectivity index (χ4v) is 3.75. The van der Waals surface area contributed by atoms with Gasteiger partial charge in [0.25, 0.3) is 0 Å². The standard InChI is InChI=1S/C24H28BF3N2O5/c1-22(2,3)34-21(32)30-19(12-14-6-8-15(9-7-14)24(26,27)28)20(31)29-16-10-11-17-18(13-16)25(33)35-23(17,4)5/h6-11,13,19,33H,12H2,1-5H3,(H,29,31)(H,30,32)/t19-/m1/s1. The quantitative estimate of drug-likeness (QED) is 0.553. The van der Waals surface area contributed by atoms with Crippen LogP contribution in [0, 0.1) is 0 Å². The molecule has 2 aromatic rings. The molecule has 0 radical (unpaired) electrons. The topological polar surface area (TPSA) is 96.9 Å². The lowest BCUT2D eigenvalue weighted by atomic mass is 9.78. The highest BCUT2D eigenvalue weighted by atomic mass is 19.4. The van der Waals surface area contributed by atoms with Gasteiger partial charge in [0.2, 0.25) is 5.91 Å². The van der Waals surface area contributed by atoms with Crippen LogP contribution in [0.15, 0.2) is 42.5 Å². The molecule has 188 valence electrons. The predicted octanol–water partition coefficient (Wildman–Crippen LogP) is 3.73. The smallest absolute Gasteiger partial charge is 0.444 e. The van der Waals surface area contributed by atoms with Crippen LogP contribution in [0.25, 0.3) is 0 Å². The van der Waals surface area contributed by atoms with Gasteiger partial charge in [0.1, 0.15) is 11.6 Å². The first-order valence-electron chi connectivity index (χ1n) is 11.0. The van der Waals surface area contributed by atoms with Crippen molar-refractivity contribution in [2.75, 3.05) is 5.32 Å². The summed E-state index contributed by atoms with van der Waals surface area (Å²) in [6.45, 7) is 8.61. The van der Waals surface area contributed by atoms with E-state index in [1.165, 1.54) is 12.1 Å². The van der Waals surface area contributed by atoms with Crippen molar-refractivity contribution in [1.82, 2.24) is 5.32 Å². The molecular weight excluding hydrogens is 464 g/mol. The first-order chi connectivity index (χ1) is 16.0. The molecule has 3 rings (SSSR count). The van der Waals surface area contributed by atoms with Crippen LogP contribution in [-0.4, -0.2) is 35.8 Å². The van der Waals surface area contributed by atoms with Crippen LogP contribution in [0.4, 0.5) is 23.7 Å². The van der Waals surface area contributed by atoms with Gasteiger partial charge in [0.15, 0.2) is 0 Å². The fraction of sp³-hybridized carbons (Fsp3) is 0.417. The normalized spacial score (nSPS) is 15.9. The van der Waals surface area contributed by atoms with Crippen molar-refractivity contribution >= 4 is 30.3 Å². The van der Waals surface area contributed by atoms with Gasteiger partial charge in [-0.2, -0.15) is 13.2 Å². The number of anilines is 1.